The van der Waals surface area contributed by atoms with Crippen LogP contribution in [-0.4, -0.2) is 27.3 Å². The molecule has 11 heteroatoms. The molecule has 1 N–H and O–H groups in total. The number of nitrogens with one attached hydrogen (secondary N) is 1. The van der Waals surface area contributed by atoms with Gasteiger partial charge in [-0.1, -0.05) is 27.7 Å². The minimum atomic E-state index is -0.795. The molecule has 0 saturated carbocycles. The van der Waals surface area contributed by atoms with Gasteiger partial charge in [0.15, 0.2) is 0 Å². The van der Waals surface area contributed by atoms with Crippen molar-refractivity contribution < 1.29 is 19.3 Å². The highest BCUT2D eigenvalue weighted by Gasteiger charge is 2.37. The summed E-state index contributed by atoms with van der Waals surface area (Å²) in [6.07, 6.45) is 1.51. The third kappa shape index (κ3) is 5.59. The van der Waals surface area contributed by atoms with Gasteiger partial charge in [0.2, 0.25) is 0 Å². The highest BCUT2D eigenvalue weighted by atomic mass is 79.9. The molecule has 3 aromatic carbocycles. The number of carbonyl (C=O) groups is 3. The number of non-ortho nitro benzene ring substituents is 1. The molecule has 1 aromatic heterocycles. The van der Waals surface area contributed by atoms with Gasteiger partial charge in [0.1, 0.15) is 5.57 Å². The zero-order valence-corrected chi connectivity index (χ0v) is 24.6. The average molecular weight is 632 g/mol. The lowest BCUT2D eigenvalue weighted by molar-refractivity contribution is -0.384. The minimum absolute atomic E-state index is 0.0455. The van der Waals surface area contributed by atoms with Crippen molar-refractivity contribution >= 4 is 63.0 Å². The molecule has 4 amide bonds. The Bertz CT molecular complexity index is 1760. The van der Waals surface area contributed by atoms with Gasteiger partial charge in [-0.2, -0.15) is 0 Å². The van der Waals surface area contributed by atoms with E-state index >= 15 is 0 Å². The maximum Gasteiger partial charge on any atom is 0.335 e. The van der Waals surface area contributed by atoms with Crippen molar-refractivity contribution in [3.8, 4) is 5.69 Å². The Morgan fingerprint density at radius 2 is 1.49 bits per heavy atom. The molecule has 41 heavy (non-hydrogen) atoms. The number of carbonyl (C=O) groups excluding carboxylic acids is 3. The number of hydrogen-bond acceptors (Lipinski definition) is 6. The third-order valence-corrected chi connectivity index (χ3v) is 8.56. The second-order valence-corrected chi connectivity index (χ2v) is 11.4. The Kier molecular flexibility index (Phi) is 7.65. The van der Waals surface area contributed by atoms with Crippen LogP contribution in [0.25, 0.3) is 11.8 Å². The number of nitro benzene ring substituents is 1. The van der Waals surface area contributed by atoms with E-state index in [0.29, 0.717) is 11.3 Å². The molecule has 0 atom stereocenters. The molecule has 0 unspecified atom stereocenters. The number of barbiturate groups is 1. The average Bonchev–Trinajstić information content (AvgIpc) is 3.21. The number of imide groups is 2. The summed E-state index contributed by atoms with van der Waals surface area (Å²) < 4.78 is 2.85. The number of amides is 4. The summed E-state index contributed by atoms with van der Waals surface area (Å²) in [6, 6.07) is 20.4. The molecule has 4 aromatic rings. The van der Waals surface area contributed by atoms with E-state index in [4.69, 9.17) is 0 Å². The van der Waals surface area contributed by atoms with Crippen molar-refractivity contribution in [1.29, 1.82) is 0 Å². The van der Waals surface area contributed by atoms with Crippen LogP contribution in [0.1, 0.15) is 22.5 Å². The number of aryl methyl sites for hydroxylation is 2. The van der Waals surface area contributed by atoms with Crippen LogP contribution < -0.4 is 10.2 Å². The highest BCUT2D eigenvalue weighted by Crippen LogP contribution is 2.31. The fourth-order valence-corrected chi connectivity index (χ4v) is 5.64. The van der Waals surface area contributed by atoms with Crippen LogP contribution >= 0.6 is 27.7 Å². The van der Waals surface area contributed by atoms with Crippen LogP contribution in [0.4, 0.5) is 16.2 Å². The largest absolute Gasteiger partial charge is 0.335 e. The third-order valence-electron chi connectivity index (χ3n) is 6.65. The first-order chi connectivity index (χ1) is 19.5. The van der Waals surface area contributed by atoms with E-state index in [1.165, 1.54) is 30.0 Å². The molecule has 0 aliphatic carbocycles. The lowest BCUT2D eigenvalue weighted by atomic mass is 10.1. The molecular formula is C30H23BrN4O5S. The quantitative estimate of drug-likeness (QED) is 0.107. The number of nitrogens with zero attached hydrogens (tertiary/aromatic N) is 3. The van der Waals surface area contributed by atoms with Crippen LogP contribution in [0.3, 0.4) is 0 Å². The SMILES string of the molecule is Cc1cc(N2C(=O)NC(=O)/C(=C\c3cc(C)n(-c4ccc(Sc5ccc([N+](=O)[O-])cc5)cc4)c3C)C2=O)ccc1Br. The second-order valence-electron chi connectivity index (χ2n) is 9.40. The lowest BCUT2D eigenvalue weighted by Gasteiger charge is -2.26. The summed E-state index contributed by atoms with van der Waals surface area (Å²) in [7, 11) is 0. The van der Waals surface area contributed by atoms with Gasteiger partial charge in [0.05, 0.1) is 10.6 Å². The van der Waals surface area contributed by atoms with Crippen LogP contribution in [0.15, 0.2) is 92.6 Å². The summed E-state index contributed by atoms with van der Waals surface area (Å²) >= 11 is 4.91. The van der Waals surface area contributed by atoms with Crippen molar-refractivity contribution in [3.05, 3.63) is 115 Å². The number of rotatable bonds is 6. The minimum Gasteiger partial charge on any atom is -0.318 e. The van der Waals surface area contributed by atoms with Gasteiger partial charge < -0.3 is 4.57 Å². The lowest BCUT2D eigenvalue weighted by Crippen LogP contribution is -2.54. The number of halogens is 1. The summed E-state index contributed by atoms with van der Waals surface area (Å²) in [5.74, 6) is -1.44. The van der Waals surface area contributed by atoms with Crippen molar-refractivity contribution in [1.82, 2.24) is 9.88 Å². The topological polar surface area (TPSA) is 115 Å². The van der Waals surface area contributed by atoms with Gasteiger partial charge in [0, 0.05) is 43.5 Å². The molecule has 1 saturated heterocycles. The van der Waals surface area contributed by atoms with Crippen LogP contribution in [0.5, 0.6) is 0 Å². The first-order valence-electron chi connectivity index (χ1n) is 12.4. The molecule has 1 aliphatic rings. The molecule has 206 valence electrons. The Labute approximate surface area is 248 Å². The van der Waals surface area contributed by atoms with Crippen LogP contribution in [0, 0.1) is 30.9 Å². The summed E-state index contributed by atoms with van der Waals surface area (Å²) in [5.41, 5.74) is 4.38. The molecule has 1 aliphatic heterocycles. The number of anilines is 1. The van der Waals surface area contributed by atoms with Gasteiger partial charge in [-0.05, 0) is 98.6 Å². The number of benzene rings is 3. The van der Waals surface area contributed by atoms with Crippen molar-refractivity contribution in [2.24, 2.45) is 0 Å². The Morgan fingerprint density at radius 1 is 0.878 bits per heavy atom. The maximum absolute atomic E-state index is 13.4. The van der Waals surface area contributed by atoms with Gasteiger partial charge in [-0.25, -0.2) is 9.69 Å². The normalized spacial score (nSPS) is 14.5. The number of nitro groups is 1. The standard InChI is InChI=1S/C30H23BrN4O5S/c1-17-14-23(8-13-27(17)31)34-29(37)26(28(36)32-30(34)38)16-20-15-18(2)33(19(20)3)21-4-9-24(10-5-21)41-25-11-6-22(7-12-25)35(39)40/h4-16H,1-3H3,(H,32,36,38)/b26-16+. The van der Waals surface area contributed by atoms with Gasteiger partial charge in [-0.3, -0.25) is 25.0 Å². The van der Waals surface area contributed by atoms with E-state index in [1.54, 1.807) is 30.3 Å². The highest BCUT2D eigenvalue weighted by molar-refractivity contribution is 9.10. The predicted molar refractivity (Wildman–Crippen MR) is 160 cm³/mol. The van der Waals surface area contributed by atoms with Crippen LogP contribution in [0.2, 0.25) is 0 Å². The Morgan fingerprint density at radius 3 is 2.10 bits per heavy atom. The fraction of sp³-hybridized carbons (Fsp3) is 0.100. The Hall–Kier alpha value is -4.48. The van der Waals surface area contributed by atoms with Crippen molar-refractivity contribution in [2.75, 3.05) is 4.90 Å². The number of urea groups is 1. The van der Waals surface area contributed by atoms with E-state index in [2.05, 4.69) is 21.2 Å². The first-order valence-corrected chi connectivity index (χ1v) is 14.0. The fourth-order valence-electron chi connectivity index (χ4n) is 4.58. The summed E-state index contributed by atoms with van der Waals surface area (Å²) in [5, 5.41) is 13.2. The van der Waals surface area contributed by atoms with Crippen molar-refractivity contribution in [3.63, 3.8) is 0 Å². The smallest absolute Gasteiger partial charge is 0.318 e. The number of hydrogen-bond donors (Lipinski definition) is 1. The predicted octanol–water partition coefficient (Wildman–Crippen LogP) is 6.89. The molecule has 0 spiro atoms. The Balaban J connectivity index is 1.41. The first kappa shape index (κ1) is 28.1. The molecule has 1 fully saturated rings. The van der Waals surface area contributed by atoms with Gasteiger partial charge in [-0.15, -0.1) is 0 Å². The van der Waals surface area contributed by atoms with E-state index in [9.17, 15) is 24.5 Å². The monoisotopic (exact) mass is 630 g/mol. The zero-order valence-electron chi connectivity index (χ0n) is 22.2. The summed E-state index contributed by atoms with van der Waals surface area (Å²) in [4.78, 5) is 52.0. The molecule has 0 bridgehead atoms. The van der Waals surface area contributed by atoms with E-state index in [-0.39, 0.29) is 11.3 Å². The molecule has 9 nitrogen and oxygen atoms in total. The second kappa shape index (κ2) is 11.2. The zero-order chi connectivity index (χ0) is 29.4. The summed E-state index contributed by atoms with van der Waals surface area (Å²) in [6.45, 7) is 5.67. The maximum atomic E-state index is 13.4. The van der Waals surface area contributed by atoms with Gasteiger partial charge in [0.25, 0.3) is 17.5 Å². The van der Waals surface area contributed by atoms with E-state index in [0.717, 1.165) is 41.8 Å². The van der Waals surface area contributed by atoms with E-state index < -0.39 is 22.8 Å². The number of aromatic nitrogens is 1. The molecular weight excluding hydrogens is 608 g/mol. The van der Waals surface area contributed by atoms with Crippen LogP contribution in [-0.2, 0) is 9.59 Å². The molecule has 2 heterocycles. The molecule has 5 rings (SSSR count). The van der Waals surface area contributed by atoms with Crippen molar-refractivity contribution in [2.45, 2.75) is 30.6 Å². The van der Waals surface area contributed by atoms with E-state index in [1.807, 2.05) is 55.7 Å². The molecule has 0 radical (unpaired) electrons. The van der Waals surface area contributed by atoms with Gasteiger partial charge >= 0.3 is 6.03 Å².